The van der Waals surface area contributed by atoms with Gasteiger partial charge in [-0.1, -0.05) is 0 Å². The molecule has 0 aliphatic heterocycles. The van der Waals surface area contributed by atoms with Gasteiger partial charge in [0.1, 0.15) is 0 Å². The minimum Gasteiger partial charge on any atom is -0.359 e. The molecule has 0 heterocycles. The van der Waals surface area contributed by atoms with Gasteiger partial charge in [-0.2, -0.15) is 0 Å². The zero-order valence-electron chi connectivity index (χ0n) is 12.2. The van der Waals surface area contributed by atoms with E-state index >= 15 is 0 Å². The predicted molar refractivity (Wildman–Crippen MR) is 75.4 cm³/mol. The number of amides is 2. The molecule has 110 valence electrons. The average molecular weight is 269 g/mol. The van der Waals surface area contributed by atoms with Crippen molar-refractivity contribution in [2.45, 2.75) is 38.5 Å². The molecular formula is C14H27N3O2. The molecule has 5 nitrogen and oxygen atoms in total. The molecule has 19 heavy (non-hydrogen) atoms. The van der Waals surface area contributed by atoms with E-state index in [9.17, 15) is 9.59 Å². The lowest BCUT2D eigenvalue weighted by Gasteiger charge is -2.28. The first-order valence-electron chi connectivity index (χ1n) is 7.21. The van der Waals surface area contributed by atoms with E-state index in [-0.39, 0.29) is 11.8 Å². The lowest BCUT2D eigenvalue weighted by molar-refractivity contribution is -0.131. The van der Waals surface area contributed by atoms with Crippen LogP contribution in [0.1, 0.15) is 38.5 Å². The van der Waals surface area contributed by atoms with Crippen LogP contribution in [0.3, 0.4) is 0 Å². The summed E-state index contributed by atoms with van der Waals surface area (Å²) in [5.74, 6) is 1.28. The van der Waals surface area contributed by atoms with Crippen molar-refractivity contribution in [1.82, 2.24) is 10.2 Å². The average Bonchev–Trinajstić information content (AvgIpc) is 2.44. The molecule has 0 spiro atoms. The molecule has 0 saturated heterocycles. The zero-order valence-corrected chi connectivity index (χ0v) is 12.2. The summed E-state index contributed by atoms with van der Waals surface area (Å²) in [5.41, 5.74) is 5.67. The molecule has 0 bridgehead atoms. The van der Waals surface area contributed by atoms with Gasteiger partial charge in [-0.15, -0.1) is 0 Å². The molecule has 0 unspecified atom stereocenters. The highest BCUT2D eigenvalue weighted by atomic mass is 16.2. The van der Waals surface area contributed by atoms with Crippen molar-refractivity contribution in [1.29, 1.82) is 0 Å². The van der Waals surface area contributed by atoms with Gasteiger partial charge >= 0.3 is 0 Å². The summed E-state index contributed by atoms with van der Waals surface area (Å²) >= 11 is 0. The maximum absolute atomic E-state index is 12.0. The molecule has 1 saturated carbocycles. The molecule has 1 rings (SSSR count). The third-order valence-corrected chi connectivity index (χ3v) is 4.14. The topological polar surface area (TPSA) is 75.4 Å². The zero-order chi connectivity index (χ0) is 14.3. The lowest BCUT2D eigenvalue weighted by atomic mass is 9.80. The van der Waals surface area contributed by atoms with Gasteiger partial charge in [0.15, 0.2) is 0 Å². The highest BCUT2D eigenvalue weighted by Gasteiger charge is 2.23. The Morgan fingerprint density at radius 2 is 1.79 bits per heavy atom. The van der Waals surface area contributed by atoms with E-state index in [0.717, 1.165) is 32.2 Å². The smallest absolute Gasteiger partial charge is 0.222 e. The van der Waals surface area contributed by atoms with Crippen molar-refractivity contribution >= 4 is 11.8 Å². The van der Waals surface area contributed by atoms with E-state index in [1.165, 1.54) is 0 Å². The molecule has 0 atom stereocenters. The van der Waals surface area contributed by atoms with Crippen LogP contribution in [-0.4, -0.2) is 43.9 Å². The first-order chi connectivity index (χ1) is 9.06. The predicted octanol–water partition coefficient (Wildman–Crippen LogP) is 0.736. The summed E-state index contributed by atoms with van der Waals surface area (Å²) in [7, 11) is 3.39. The van der Waals surface area contributed by atoms with E-state index in [1.807, 2.05) is 0 Å². The minimum absolute atomic E-state index is 0.0249. The molecule has 0 aromatic rings. The van der Waals surface area contributed by atoms with Gasteiger partial charge in [-0.3, -0.25) is 9.59 Å². The van der Waals surface area contributed by atoms with Gasteiger partial charge in [0.25, 0.3) is 0 Å². The minimum atomic E-state index is -0.0249. The largest absolute Gasteiger partial charge is 0.359 e. The van der Waals surface area contributed by atoms with Crippen molar-refractivity contribution < 1.29 is 9.59 Å². The lowest BCUT2D eigenvalue weighted by Crippen LogP contribution is -2.33. The fourth-order valence-corrected chi connectivity index (χ4v) is 2.59. The normalized spacial score (nSPS) is 22.9. The molecule has 2 amide bonds. The first kappa shape index (κ1) is 16.0. The Bertz CT molecular complexity index is 299. The van der Waals surface area contributed by atoms with Gasteiger partial charge in [-0.25, -0.2) is 0 Å². The standard InChI is InChI=1S/C14H27N3O2/c1-16-13(18)7-8-17(2)14(19)9-11-3-5-12(10-15)6-4-11/h11-12H,3-10,15H2,1-2H3,(H,16,18). The highest BCUT2D eigenvalue weighted by molar-refractivity contribution is 5.78. The number of nitrogens with one attached hydrogen (secondary N) is 1. The summed E-state index contributed by atoms with van der Waals surface area (Å²) in [4.78, 5) is 24.8. The van der Waals surface area contributed by atoms with Crippen LogP contribution >= 0.6 is 0 Å². The molecule has 3 N–H and O–H groups in total. The highest BCUT2D eigenvalue weighted by Crippen LogP contribution is 2.30. The fraction of sp³-hybridized carbons (Fsp3) is 0.857. The van der Waals surface area contributed by atoms with Crippen LogP contribution in [0.5, 0.6) is 0 Å². The van der Waals surface area contributed by atoms with Crippen molar-refractivity contribution in [3.8, 4) is 0 Å². The summed E-state index contributed by atoms with van der Waals surface area (Å²) in [5, 5.41) is 2.56. The van der Waals surface area contributed by atoms with E-state index in [4.69, 9.17) is 5.73 Å². The van der Waals surface area contributed by atoms with Gasteiger partial charge in [0.2, 0.25) is 11.8 Å². The molecule has 0 radical (unpaired) electrons. The van der Waals surface area contributed by atoms with Gasteiger partial charge < -0.3 is 16.0 Å². The third-order valence-electron chi connectivity index (χ3n) is 4.14. The number of nitrogens with zero attached hydrogens (tertiary/aromatic N) is 1. The number of hydrogen-bond donors (Lipinski definition) is 2. The van der Waals surface area contributed by atoms with Crippen LogP contribution in [0.25, 0.3) is 0 Å². The van der Waals surface area contributed by atoms with Crippen molar-refractivity contribution in [2.24, 2.45) is 17.6 Å². The van der Waals surface area contributed by atoms with Crippen LogP contribution in [0, 0.1) is 11.8 Å². The molecular weight excluding hydrogens is 242 g/mol. The molecule has 0 aromatic heterocycles. The first-order valence-corrected chi connectivity index (χ1v) is 7.21. The summed E-state index contributed by atoms with van der Waals surface area (Å²) in [6, 6.07) is 0. The van der Waals surface area contributed by atoms with Gasteiger partial charge in [0.05, 0.1) is 0 Å². The maximum atomic E-state index is 12.0. The Kier molecular flexibility index (Phi) is 6.84. The Balaban J connectivity index is 2.24. The second-order valence-corrected chi connectivity index (χ2v) is 5.57. The molecule has 1 aliphatic carbocycles. The SMILES string of the molecule is CNC(=O)CCN(C)C(=O)CC1CCC(CN)CC1. The summed E-state index contributed by atoms with van der Waals surface area (Å²) in [6.45, 7) is 1.27. The number of rotatable bonds is 6. The molecule has 1 aliphatic rings. The monoisotopic (exact) mass is 269 g/mol. The third kappa shape index (κ3) is 5.59. The van der Waals surface area contributed by atoms with Gasteiger partial charge in [0, 0.05) is 33.5 Å². The fourth-order valence-electron chi connectivity index (χ4n) is 2.59. The number of carbonyl (C=O) groups excluding carboxylic acids is 2. The van der Waals surface area contributed by atoms with Crippen LogP contribution in [0.2, 0.25) is 0 Å². The summed E-state index contributed by atoms with van der Waals surface area (Å²) < 4.78 is 0. The van der Waals surface area contributed by atoms with E-state index < -0.39 is 0 Å². The van der Waals surface area contributed by atoms with E-state index in [0.29, 0.717) is 31.2 Å². The quantitative estimate of drug-likeness (QED) is 0.746. The molecule has 5 heteroatoms. The number of hydrogen-bond acceptors (Lipinski definition) is 3. The van der Waals surface area contributed by atoms with Gasteiger partial charge in [-0.05, 0) is 44.1 Å². The number of nitrogens with two attached hydrogens (primary N) is 1. The van der Waals surface area contributed by atoms with Crippen LogP contribution in [-0.2, 0) is 9.59 Å². The maximum Gasteiger partial charge on any atom is 0.222 e. The van der Waals surface area contributed by atoms with Crippen LogP contribution in [0.4, 0.5) is 0 Å². The van der Waals surface area contributed by atoms with E-state index in [2.05, 4.69) is 5.32 Å². The van der Waals surface area contributed by atoms with Crippen molar-refractivity contribution in [3.05, 3.63) is 0 Å². The second-order valence-electron chi connectivity index (χ2n) is 5.57. The van der Waals surface area contributed by atoms with Crippen molar-refractivity contribution in [3.63, 3.8) is 0 Å². The van der Waals surface area contributed by atoms with E-state index in [1.54, 1.807) is 19.0 Å². The Morgan fingerprint density at radius 3 is 2.32 bits per heavy atom. The van der Waals surface area contributed by atoms with Crippen molar-refractivity contribution in [2.75, 3.05) is 27.2 Å². The Hall–Kier alpha value is -1.10. The second kappa shape index (κ2) is 8.15. The van der Waals surface area contributed by atoms with Crippen LogP contribution < -0.4 is 11.1 Å². The molecule has 1 fully saturated rings. The van der Waals surface area contributed by atoms with Crippen LogP contribution in [0.15, 0.2) is 0 Å². The molecule has 0 aromatic carbocycles. The number of carbonyl (C=O) groups is 2. The summed E-state index contributed by atoms with van der Waals surface area (Å²) in [6.07, 6.45) is 5.50. The Labute approximate surface area is 115 Å². The Morgan fingerprint density at radius 1 is 1.21 bits per heavy atom.